The number of carbonyl (C=O) groups is 3. The Balaban J connectivity index is 1.73. The lowest BCUT2D eigenvalue weighted by atomic mass is 9.94. The van der Waals surface area contributed by atoms with Crippen LogP contribution in [0.25, 0.3) is 11.0 Å². The van der Waals surface area contributed by atoms with Gasteiger partial charge in [-0.3, -0.25) is 19.3 Å². The Labute approximate surface area is 238 Å². The van der Waals surface area contributed by atoms with Gasteiger partial charge in [-0.05, 0) is 36.8 Å². The molecule has 1 aliphatic heterocycles. The molecule has 2 aromatic heterocycles. The molecule has 0 unspecified atom stereocenters. The molecule has 1 amide bonds. The van der Waals surface area contributed by atoms with Gasteiger partial charge in [-0.25, -0.2) is 4.98 Å². The molecule has 0 fully saturated rings. The van der Waals surface area contributed by atoms with E-state index < -0.39 is 23.5 Å². The number of Topliss-reactive ketones (excluding diaryl/α,β-unsaturated/α-hetero) is 2. The number of aryl methyl sites for hydroxylation is 1. The molecule has 0 spiro atoms. The zero-order valence-electron chi connectivity index (χ0n) is 23.1. The van der Waals surface area contributed by atoms with Crippen LogP contribution in [0.1, 0.15) is 44.4 Å². The maximum Gasteiger partial charge on any atom is 0.296 e. The lowest BCUT2D eigenvalue weighted by Crippen LogP contribution is -2.31. The molecule has 212 valence electrons. The number of amides is 1. The monoisotopic (exact) mass is 578 g/mol. The van der Waals surface area contributed by atoms with Gasteiger partial charge < -0.3 is 28.5 Å². The fourth-order valence-electron chi connectivity index (χ4n) is 4.86. The molecule has 11 nitrogen and oxygen atoms in total. The van der Waals surface area contributed by atoms with Crippen LogP contribution in [0, 0.1) is 6.92 Å². The number of hydrogen-bond donors (Lipinski definition) is 1. The molecule has 3 heterocycles. The first-order valence-electron chi connectivity index (χ1n) is 12.3. The minimum atomic E-state index is -1.19. The minimum absolute atomic E-state index is 0.113. The molecule has 1 aliphatic rings. The van der Waals surface area contributed by atoms with Crippen LogP contribution in [-0.4, -0.2) is 56.0 Å². The van der Waals surface area contributed by atoms with Crippen molar-refractivity contribution in [3.63, 3.8) is 0 Å². The number of nitrogens with zero attached hydrogens (tertiary/aromatic N) is 2. The summed E-state index contributed by atoms with van der Waals surface area (Å²) >= 11 is 0.983. The Bertz CT molecular complexity index is 1730. The van der Waals surface area contributed by atoms with Crippen molar-refractivity contribution in [3.05, 3.63) is 69.6 Å². The highest BCUT2D eigenvalue weighted by Crippen LogP contribution is 2.48. The van der Waals surface area contributed by atoms with Crippen LogP contribution in [-0.2, 0) is 4.79 Å². The quantitative estimate of drug-likeness (QED) is 0.263. The Morgan fingerprint density at radius 1 is 1.00 bits per heavy atom. The molecular formula is C29H26N2O9S. The molecule has 1 N–H and O–H groups in total. The van der Waals surface area contributed by atoms with Gasteiger partial charge in [-0.2, -0.15) is 0 Å². The zero-order valence-corrected chi connectivity index (χ0v) is 23.9. The highest BCUT2D eigenvalue weighted by atomic mass is 32.1. The second-order valence-electron chi connectivity index (χ2n) is 9.08. The first-order chi connectivity index (χ1) is 19.6. The molecule has 41 heavy (non-hydrogen) atoms. The van der Waals surface area contributed by atoms with Crippen LogP contribution in [0.15, 0.2) is 52.1 Å². The third kappa shape index (κ3) is 4.45. The molecule has 1 atom stereocenters. The summed E-state index contributed by atoms with van der Waals surface area (Å²) in [6.07, 6.45) is 0. The minimum Gasteiger partial charge on any atom is -0.503 e. The van der Waals surface area contributed by atoms with Gasteiger partial charge in [0.2, 0.25) is 11.5 Å². The van der Waals surface area contributed by atoms with Crippen molar-refractivity contribution in [2.24, 2.45) is 0 Å². The average Bonchev–Trinajstić information content (AvgIpc) is 3.65. The predicted molar refractivity (Wildman–Crippen MR) is 150 cm³/mol. The Kier molecular flexibility index (Phi) is 7.18. The fraction of sp³-hybridized carbons (Fsp3) is 0.241. The van der Waals surface area contributed by atoms with Crippen molar-refractivity contribution in [3.8, 4) is 23.0 Å². The van der Waals surface area contributed by atoms with E-state index in [2.05, 4.69) is 4.98 Å². The molecule has 0 saturated heterocycles. The van der Waals surface area contributed by atoms with Gasteiger partial charge in [0.25, 0.3) is 5.91 Å². The molecule has 0 saturated carbocycles. The van der Waals surface area contributed by atoms with Gasteiger partial charge in [-0.1, -0.05) is 23.5 Å². The van der Waals surface area contributed by atoms with Crippen LogP contribution < -0.4 is 23.8 Å². The number of para-hydroxylation sites is 1. The molecule has 0 aliphatic carbocycles. The van der Waals surface area contributed by atoms with E-state index in [1.165, 1.54) is 46.3 Å². The Morgan fingerprint density at radius 2 is 1.66 bits per heavy atom. The normalized spacial score (nSPS) is 15.0. The number of fused-ring (bicyclic) bond motifs is 1. The number of thiazole rings is 1. The summed E-state index contributed by atoms with van der Waals surface area (Å²) in [4.78, 5) is 45.9. The van der Waals surface area contributed by atoms with Crippen LogP contribution in [0.2, 0.25) is 0 Å². The third-order valence-corrected chi connectivity index (χ3v) is 7.98. The summed E-state index contributed by atoms with van der Waals surface area (Å²) in [5.74, 6) is -1.48. The van der Waals surface area contributed by atoms with Gasteiger partial charge in [0, 0.05) is 12.3 Å². The second-order valence-corrected chi connectivity index (χ2v) is 10.1. The van der Waals surface area contributed by atoms with Crippen molar-refractivity contribution < 1.29 is 42.9 Å². The van der Waals surface area contributed by atoms with Crippen molar-refractivity contribution in [2.45, 2.75) is 19.9 Å². The summed E-state index contributed by atoms with van der Waals surface area (Å²) < 4.78 is 27.7. The zero-order chi connectivity index (χ0) is 29.6. The smallest absolute Gasteiger partial charge is 0.296 e. The number of rotatable bonds is 9. The third-order valence-electron chi connectivity index (χ3n) is 6.72. The van der Waals surface area contributed by atoms with Crippen molar-refractivity contribution in [1.29, 1.82) is 0 Å². The van der Waals surface area contributed by atoms with Crippen LogP contribution in [0.5, 0.6) is 23.0 Å². The van der Waals surface area contributed by atoms with Gasteiger partial charge in [0.15, 0.2) is 45.3 Å². The molecule has 2 aromatic carbocycles. The maximum absolute atomic E-state index is 14.1. The summed E-state index contributed by atoms with van der Waals surface area (Å²) in [7, 11) is 5.79. The van der Waals surface area contributed by atoms with Crippen LogP contribution >= 0.6 is 11.3 Å². The molecule has 5 rings (SSSR count). The fourth-order valence-corrected chi connectivity index (χ4v) is 5.85. The standard InChI is InChI=1S/C29H26N2O9S/c1-13-27(14(2)32)41-29(30-13)31-22(16-11-19(37-4)26(39-6)20(12-16)38-5)21(24(34)28(31)35)23(33)18-10-15-8-7-9-17(36-3)25(15)40-18/h7-12,22,34H,1-6H3/t22-/m0/s1. The number of anilines is 1. The molecule has 12 heteroatoms. The molecule has 4 aromatic rings. The van der Waals surface area contributed by atoms with E-state index in [1.54, 1.807) is 37.3 Å². The van der Waals surface area contributed by atoms with E-state index in [1.807, 2.05) is 0 Å². The van der Waals surface area contributed by atoms with Gasteiger partial charge >= 0.3 is 0 Å². The first-order valence-corrected chi connectivity index (χ1v) is 13.1. The van der Waals surface area contributed by atoms with Gasteiger partial charge in [-0.15, -0.1) is 0 Å². The van der Waals surface area contributed by atoms with E-state index in [4.69, 9.17) is 23.4 Å². The first kappa shape index (κ1) is 27.7. The number of carbonyl (C=O) groups excluding carboxylic acids is 3. The summed E-state index contributed by atoms with van der Waals surface area (Å²) in [5.41, 5.74) is 0.855. The van der Waals surface area contributed by atoms with Crippen LogP contribution in [0.4, 0.5) is 5.13 Å². The van der Waals surface area contributed by atoms with Crippen molar-refractivity contribution in [1.82, 2.24) is 4.98 Å². The van der Waals surface area contributed by atoms with E-state index in [9.17, 15) is 19.5 Å². The largest absolute Gasteiger partial charge is 0.503 e. The van der Waals surface area contributed by atoms with E-state index in [-0.39, 0.29) is 33.7 Å². The summed E-state index contributed by atoms with van der Waals surface area (Å²) in [6, 6.07) is 8.66. The Hall–Kier alpha value is -4.84. The molecular weight excluding hydrogens is 552 g/mol. The lowest BCUT2D eigenvalue weighted by Gasteiger charge is -2.25. The number of ketones is 2. The number of aromatic nitrogens is 1. The summed E-state index contributed by atoms with van der Waals surface area (Å²) in [5, 5.41) is 11.9. The maximum atomic E-state index is 14.1. The Morgan fingerprint density at radius 3 is 2.22 bits per heavy atom. The number of aliphatic hydroxyl groups is 1. The number of ether oxygens (including phenoxy) is 4. The van der Waals surface area contributed by atoms with Gasteiger partial charge in [0.05, 0.1) is 50.6 Å². The lowest BCUT2D eigenvalue weighted by molar-refractivity contribution is -0.117. The van der Waals surface area contributed by atoms with E-state index >= 15 is 0 Å². The number of furan rings is 1. The molecule has 0 radical (unpaired) electrons. The van der Waals surface area contributed by atoms with E-state index in [0.717, 1.165) is 11.3 Å². The SMILES string of the molecule is COc1cc([C@H]2C(C(=O)c3cc4cccc(OC)c4o3)=C(O)C(=O)N2c2nc(C)c(C(C)=O)s2)cc(OC)c1OC. The summed E-state index contributed by atoms with van der Waals surface area (Å²) in [6.45, 7) is 3.04. The van der Waals surface area contributed by atoms with Crippen molar-refractivity contribution >= 4 is 44.9 Å². The number of methoxy groups -OCH3 is 4. The van der Waals surface area contributed by atoms with E-state index in [0.29, 0.717) is 38.6 Å². The predicted octanol–water partition coefficient (Wildman–Crippen LogP) is 5.22. The highest BCUT2D eigenvalue weighted by Gasteiger charge is 2.47. The number of aliphatic hydroxyl groups excluding tert-OH is 1. The second kappa shape index (κ2) is 10.6. The van der Waals surface area contributed by atoms with Crippen LogP contribution in [0.3, 0.4) is 0 Å². The number of hydrogen-bond acceptors (Lipinski definition) is 11. The molecule has 0 bridgehead atoms. The topological polar surface area (TPSA) is 138 Å². The average molecular weight is 579 g/mol. The van der Waals surface area contributed by atoms with Crippen molar-refractivity contribution in [2.75, 3.05) is 33.3 Å². The highest BCUT2D eigenvalue weighted by molar-refractivity contribution is 7.17. The van der Waals surface area contributed by atoms with Gasteiger partial charge in [0.1, 0.15) is 0 Å². The number of benzene rings is 2.